The number of anilines is 2. The van der Waals surface area contributed by atoms with Gasteiger partial charge in [0.15, 0.2) is 5.13 Å². The minimum Gasteiger partial charge on any atom is -0.330 e. The van der Waals surface area contributed by atoms with Crippen molar-refractivity contribution in [1.82, 2.24) is 19.9 Å². The van der Waals surface area contributed by atoms with Gasteiger partial charge in [0.1, 0.15) is 11.6 Å². The van der Waals surface area contributed by atoms with Crippen molar-refractivity contribution in [3.8, 4) is 0 Å². The molecular formula is C20H21N5OS. The van der Waals surface area contributed by atoms with Gasteiger partial charge in [0.05, 0.1) is 11.7 Å². The van der Waals surface area contributed by atoms with Gasteiger partial charge in [0.2, 0.25) is 0 Å². The van der Waals surface area contributed by atoms with E-state index in [4.69, 9.17) is 0 Å². The highest BCUT2D eigenvalue weighted by molar-refractivity contribution is 7.15. The van der Waals surface area contributed by atoms with E-state index in [1.54, 1.807) is 11.3 Å². The summed E-state index contributed by atoms with van der Waals surface area (Å²) in [7, 11) is 0. The fraction of sp³-hybridized carbons (Fsp3) is 0.300. The molecule has 1 aliphatic rings. The van der Waals surface area contributed by atoms with Crippen molar-refractivity contribution in [2.24, 2.45) is 0 Å². The van der Waals surface area contributed by atoms with Crippen LogP contribution >= 0.6 is 11.3 Å². The third kappa shape index (κ3) is 3.83. The summed E-state index contributed by atoms with van der Waals surface area (Å²) in [6, 6.07) is 11.3. The van der Waals surface area contributed by atoms with Gasteiger partial charge in [0, 0.05) is 29.2 Å². The Labute approximate surface area is 162 Å². The Morgan fingerprint density at radius 2 is 2.04 bits per heavy atom. The third-order valence-electron chi connectivity index (χ3n) is 4.59. The summed E-state index contributed by atoms with van der Waals surface area (Å²) >= 11 is 1.58. The van der Waals surface area contributed by atoms with E-state index in [1.165, 1.54) is 0 Å². The van der Waals surface area contributed by atoms with Crippen LogP contribution in [-0.4, -0.2) is 32.3 Å². The first-order chi connectivity index (χ1) is 13.1. The number of nitrogens with zero attached hydrogens (tertiary/aromatic N) is 4. The van der Waals surface area contributed by atoms with E-state index in [2.05, 4.69) is 20.3 Å². The Hall–Kier alpha value is -2.80. The number of aromatic nitrogens is 3. The molecule has 0 spiro atoms. The minimum atomic E-state index is -0.0296. The fourth-order valence-electron chi connectivity index (χ4n) is 3.41. The quantitative estimate of drug-likeness (QED) is 0.733. The monoisotopic (exact) mass is 379 g/mol. The van der Waals surface area contributed by atoms with Gasteiger partial charge in [0.25, 0.3) is 5.91 Å². The molecule has 0 bridgehead atoms. The summed E-state index contributed by atoms with van der Waals surface area (Å²) in [5.74, 6) is 1.45. The Kier molecular flexibility index (Phi) is 4.85. The summed E-state index contributed by atoms with van der Waals surface area (Å²) in [5.41, 5.74) is 1.59. The molecule has 1 aliphatic heterocycles. The Morgan fingerprint density at radius 1 is 1.22 bits per heavy atom. The summed E-state index contributed by atoms with van der Waals surface area (Å²) in [4.78, 5) is 29.5. The molecule has 4 rings (SSSR count). The van der Waals surface area contributed by atoms with Crippen molar-refractivity contribution < 1.29 is 4.79 Å². The maximum Gasteiger partial charge on any atom is 0.254 e. The molecule has 1 amide bonds. The summed E-state index contributed by atoms with van der Waals surface area (Å²) in [5, 5.41) is 4.06. The molecule has 1 N–H and O–H groups in total. The van der Waals surface area contributed by atoms with Gasteiger partial charge in [-0.3, -0.25) is 4.79 Å². The first-order valence-corrected chi connectivity index (χ1v) is 9.83. The number of hydrogen-bond acceptors (Lipinski definition) is 6. The van der Waals surface area contributed by atoms with Crippen LogP contribution in [0.2, 0.25) is 0 Å². The standard InChI is InChI=1S/C20H21N5OS/c1-13-12-21-20(27-13)24-18-11-16(22-14(2)23-18)17-9-6-10-25(17)19(26)15-7-4-3-5-8-15/h3-5,7-8,11-12,17H,6,9-10H2,1-2H3,(H,21,22,23,24). The average molecular weight is 379 g/mol. The zero-order chi connectivity index (χ0) is 18.8. The first kappa shape index (κ1) is 17.6. The summed E-state index contributed by atoms with van der Waals surface area (Å²) < 4.78 is 0. The Balaban J connectivity index is 1.60. The molecule has 3 heterocycles. The van der Waals surface area contributed by atoms with Gasteiger partial charge in [-0.15, -0.1) is 11.3 Å². The average Bonchev–Trinajstić information content (AvgIpc) is 3.30. The Bertz CT molecular complexity index is 956. The molecule has 0 saturated carbocycles. The van der Waals surface area contributed by atoms with Gasteiger partial charge in [-0.05, 0) is 38.8 Å². The molecule has 2 aromatic heterocycles. The second kappa shape index (κ2) is 7.44. The molecule has 3 aromatic rings. The number of aryl methyl sites for hydroxylation is 2. The molecular weight excluding hydrogens is 358 g/mol. The lowest BCUT2D eigenvalue weighted by molar-refractivity contribution is 0.0732. The van der Waals surface area contributed by atoms with Crippen molar-refractivity contribution in [1.29, 1.82) is 0 Å². The second-order valence-corrected chi connectivity index (χ2v) is 7.88. The largest absolute Gasteiger partial charge is 0.330 e. The molecule has 1 unspecified atom stereocenters. The predicted molar refractivity (Wildman–Crippen MR) is 106 cm³/mol. The van der Waals surface area contributed by atoms with E-state index >= 15 is 0 Å². The van der Waals surface area contributed by atoms with E-state index < -0.39 is 0 Å². The lowest BCUT2D eigenvalue weighted by atomic mass is 10.1. The maximum absolute atomic E-state index is 13.0. The van der Waals surface area contributed by atoms with Gasteiger partial charge in [-0.1, -0.05) is 18.2 Å². The van der Waals surface area contributed by atoms with Crippen molar-refractivity contribution in [3.63, 3.8) is 0 Å². The number of carbonyl (C=O) groups is 1. The van der Waals surface area contributed by atoms with Crippen molar-refractivity contribution in [2.45, 2.75) is 32.7 Å². The lowest BCUT2D eigenvalue weighted by Gasteiger charge is -2.25. The molecule has 7 heteroatoms. The minimum absolute atomic E-state index is 0.0296. The number of benzene rings is 1. The smallest absolute Gasteiger partial charge is 0.254 e. The molecule has 1 saturated heterocycles. The lowest BCUT2D eigenvalue weighted by Crippen LogP contribution is -2.31. The normalized spacial score (nSPS) is 16.5. The number of amides is 1. The van der Waals surface area contributed by atoms with E-state index in [1.807, 2.05) is 61.3 Å². The molecule has 138 valence electrons. The van der Waals surface area contributed by atoms with E-state index in [0.717, 1.165) is 35.1 Å². The van der Waals surface area contributed by atoms with Crippen LogP contribution in [0.3, 0.4) is 0 Å². The van der Waals surface area contributed by atoms with Gasteiger partial charge < -0.3 is 10.2 Å². The number of nitrogens with one attached hydrogen (secondary N) is 1. The van der Waals surface area contributed by atoms with Crippen LogP contribution < -0.4 is 5.32 Å². The summed E-state index contributed by atoms with van der Waals surface area (Å²) in [6.07, 6.45) is 3.71. The summed E-state index contributed by atoms with van der Waals surface area (Å²) in [6.45, 7) is 4.64. The maximum atomic E-state index is 13.0. The van der Waals surface area contributed by atoms with Crippen LogP contribution in [0, 0.1) is 13.8 Å². The van der Waals surface area contributed by atoms with Crippen LogP contribution in [0.4, 0.5) is 10.9 Å². The van der Waals surface area contributed by atoms with Crippen LogP contribution in [0.1, 0.15) is 45.6 Å². The van der Waals surface area contributed by atoms with E-state index in [-0.39, 0.29) is 11.9 Å². The van der Waals surface area contributed by atoms with Crippen LogP contribution in [0.15, 0.2) is 42.6 Å². The Morgan fingerprint density at radius 3 is 2.78 bits per heavy atom. The SMILES string of the molecule is Cc1nc(Nc2ncc(C)s2)cc(C2CCCN2C(=O)c2ccccc2)n1. The predicted octanol–water partition coefficient (Wildman–Crippen LogP) is 4.27. The molecule has 1 aromatic carbocycles. The zero-order valence-electron chi connectivity index (χ0n) is 15.3. The highest BCUT2D eigenvalue weighted by atomic mass is 32.1. The second-order valence-electron chi connectivity index (χ2n) is 6.65. The first-order valence-electron chi connectivity index (χ1n) is 9.01. The highest BCUT2D eigenvalue weighted by Crippen LogP contribution is 2.33. The van der Waals surface area contributed by atoms with Crippen molar-refractivity contribution in [2.75, 3.05) is 11.9 Å². The molecule has 0 radical (unpaired) electrons. The van der Waals surface area contributed by atoms with E-state index in [0.29, 0.717) is 17.2 Å². The number of rotatable bonds is 4. The van der Waals surface area contributed by atoms with Crippen molar-refractivity contribution in [3.05, 3.63) is 64.6 Å². The van der Waals surface area contributed by atoms with Crippen LogP contribution in [0.5, 0.6) is 0 Å². The highest BCUT2D eigenvalue weighted by Gasteiger charge is 2.32. The van der Waals surface area contributed by atoms with Gasteiger partial charge >= 0.3 is 0 Å². The molecule has 0 aliphatic carbocycles. The number of likely N-dealkylation sites (tertiary alicyclic amines) is 1. The number of thiazole rings is 1. The zero-order valence-corrected chi connectivity index (χ0v) is 16.2. The number of carbonyl (C=O) groups excluding carboxylic acids is 1. The molecule has 27 heavy (non-hydrogen) atoms. The van der Waals surface area contributed by atoms with Crippen molar-refractivity contribution >= 4 is 28.2 Å². The number of hydrogen-bond donors (Lipinski definition) is 1. The van der Waals surface area contributed by atoms with Crippen LogP contribution in [0.25, 0.3) is 0 Å². The van der Waals surface area contributed by atoms with E-state index in [9.17, 15) is 4.79 Å². The molecule has 1 fully saturated rings. The molecule has 6 nitrogen and oxygen atoms in total. The topological polar surface area (TPSA) is 71.0 Å². The third-order valence-corrected chi connectivity index (χ3v) is 5.42. The van der Waals surface area contributed by atoms with Gasteiger partial charge in [-0.2, -0.15) is 0 Å². The molecule has 1 atom stereocenters. The van der Waals surface area contributed by atoms with Crippen LogP contribution in [-0.2, 0) is 0 Å². The fourth-order valence-corrected chi connectivity index (χ4v) is 4.08. The van der Waals surface area contributed by atoms with Gasteiger partial charge in [-0.25, -0.2) is 15.0 Å².